The zero-order chi connectivity index (χ0) is 24.2. The van der Waals surface area contributed by atoms with E-state index in [0.29, 0.717) is 28.2 Å². The second-order valence-electron chi connectivity index (χ2n) is 7.76. The molecule has 2 heterocycles. The minimum Gasteiger partial charge on any atom is -0.493 e. The average Bonchev–Trinajstić information content (AvgIpc) is 3.35. The summed E-state index contributed by atoms with van der Waals surface area (Å²) < 4.78 is 7.04. The molecule has 0 aliphatic heterocycles. The fourth-order valence-electron chi connectivity index (χ4n) is 3.84. The van der Waals surface area contributed by atoms with Crippen LogP contribution in [0.2, 0.25) is 0 Å². The number of nitrogens with one attached hydrogen (secondary N) is 1. The highest BCUT2D eigenvalue weighted by atomic mass is 32.1. The van der Waals surface area contributed by atoms with Gasteiger partial charge in [0.05, 0.1) is 24.2 Å². The number of carbonyl (C=O) groups excluding carboxylic acids is 1. The van der Waals surface area contributed by atoms with Crippen LogP contribution in [0.15, 0.2) is 89.0 Å². The maximum absolute atomic E-state index is 13.3. The van der Waals surface area contributed by atoms with Crippen molar-refractivity contribution in [1.82, 2.24) is 14.8 Å². The van der Waals surface area contributed by atoms with Crippen LogP contribution in [0.3, 0.4) is 0 Å². The van der Waals surface area contributed by atoms with Crippen molar-refractivity contribution < 1.29 is 9.53 Å². The number of rotatable bonds is 7. The van der Waals surface area contributed by atoms with Gasteiger partial charge in [0.15, 0.2) is 10.8 Å². The molecule has 2 aromatic heterocycles. The lowest BCUT2D eigenvalue weighted by molar-refractivity contribution is 0.102. The van der Waals surface area contributed by atoms with Crippen LogP contribution in [0.4, 0.5) is 5.13 Å². The second-order valence-corrected chi connectivity index (χ2v) is 8.62. The van der Waals surface area contributed by atoms with Crippen LogP contribution in [-0.4, -0.2) is 27.3 Å². The zero-order valence-corrected chi connectivity index (χ0v) is 19.8. The number of para-hydroxylation sites is 1. The number of hydrogen-bond donors (Lipinski definition) is 1. The Labute approximate surface area is 205 Å². The van der Waals surface area contributed by atoms with E-state index in [-0.39, 0.29) is 17.8 Å². The summed E-state index contributed by atoms with van der Waals surface area (Å²) in [5.41, 5.74) is 2.40. The van der Waals surface area contributed by atoms with Crippen LogP contribution < -0.4 is 15.6 Å². The summed E-state index contributed by atoms with van der Waals surface area (Å²) in [5.74, 6) is 0.306. The van der Waals surface area contributed by atoms with E-state index >= 15 is 0 Å². The molecule has 0 aliphatic carbocycles. The predicted octanol–water partition coefficient (Wildman–Crippen LogP) is 5.22. The van der Waals surface area contributed by atoms with E-state index in [4.69, 9.17) is 4.74 Å². The van der Waals surface area contributed by atoms with Crippen LogP contribution in [0.25, 0.3) is 22.0 Å². The van der Waals surface area contributed by atoms with E-state index in [1.54, 1.807) is 24.3 Å². The molecule has 0 saturated heterocycles. The summed E-state index contributed by atoms with van der Waals surface area (Å²) in [4.78, 5) is 31.0. The van der Waals surface area contributed by atoms with Gasteiger partial charge in [-0.1, -0.05) is 60.7 Å². The van der Waals surface area contributed by atoms with Gasteiger partial charge in [0.25, 0.3) is 11.5 Å². The first-order valence-electron chi connectivity index (χ1n) is 11.2. The van der Waals surface area contributed by atoms with Gasteiger partial charge in [-0.25, -0.2) is 9.67 Å². The fraction of sp³-hybridized carbons (Fsp3) is 0.111. The summed E-state index contributed by atoms with van der Waals surface area (Å²) in [6, 6.07) is 24.2. The van der Waals surface area contributed by atoms with Gasteiger partial charge < -0.3 is 4.74 Å². The van der Waals surface area contributed by atoms with Crippen molar-refractivity contribution >= 4 is 33.1 Å². The third kappa shape index (κ3) is 4.69. The molecule has 0 bridgehead atoms. The third-order valence-electron chi connectivity index (χ3n) is 5.45. The first kappa shape index (κ1) is 22.5. The van der Waals surface area contributed by atoms with Crippen LogP contribution in [-0.2, 0) is 6.54 Å². The minimum atomic E-state index is -0.429. The van der Waals surface area contributed by atoms with Crippen molar-refractivity contribution in [3.63, 3.8) is 0 Å². The standard InChI is InChI=1S/C27H22N4O3S/c1-2-34-23-15-9-8-14-21(23)22-17-35-27(28-22)29-25(32)24-19-12-6-7-13-20(19)26(33)31(30-24)16-18-10-4-3-5-11-18/h3-15,17H,2,16H2,1H3,(H,28,29,32). The van der Waals surface area contributed by atoms with Crippen LogP contribution in [0.5, 0.6) is 5.75 Å². The summed E-state index contributed by atoms with van der Waals surface area (Å²) in [7, 11) is 0. The number of ether oxygens (including phenoxy) is 1. The normalized spacial score (nSPS) is 10.9. The van der Waals surface area contributed by atoms with Gasteiger partial charge in [0.2, 0.25) is 0 Å². The smallest absolute Gasteiger partial charge is 0.278 e. The second kappa shape index (κ2) is 9.90. The Morgan fingerprint density at radius 3 is 2.49 bits per heavy atom. The van der Waals surface area contributed by atoms with Gasteiger partial charge in [0.1, 0.15) is 5.75 Å². The van der Waals surface area contributed by atoms with Crippen molar-refractivity contribution in [3.05, 3.63) is 106 Å². The van der Waals surface area contributed by atoms with Gasteiger partial charge in [-0.15, -0.1) is 11.3 Å². The van der Waals surface area contributed by atoms with Crippen LogP contribution in [0, 0.1) is 0 Å². The summed E-state index contributed by atoms with van der Waals surface area (Å²) in [6.45, 7) is 2.74. The van der Waals surface area contributed by atoms with Crippen molar-refractivity contribution in [1.29, 1.82) is 0 Å². The Morgan fingerprint density at radius 1 is 0.971 bits per heavy atom. The topological polar surface area (TPSA) is 86.1 Å². The minimum absolute atomic E-state index is 0.169. The summed E-state index contributed by atoms with van der Waals surface area (Å²) in [5, 5.41) is 10.5. The number of carbonyl (C=O) groups is 1. The number of hydrogen-bond acceptors (Lipinski definition) is 6. The van der Waals surface area contributed by atoms with E-state index in [0.717, 1.165) is 16.9 Å². The number of fused-ring (bicyclic) bond motifs is 1. The summed E-state index contributed by atoms with van der Waals surface area (Å²) >= 11 is 1.31. The lowest BCUT2D eigenvalue weighted by atomic mass is 10.1. The highest BCUT2D eigenvalue weighted by molar-refractivity contribution is 7.14. The van der Waals surface area contributed by atoms with Gasteiger partial charge in [-0.2, -0.15) is 5.10 Å². The Balaban J connectivity index is 1.48. The Bertz CT molecular complexity index is 1560. The number of aromatic nitrogens is 3. The molecule has 0 spiro atoms. The van der Waals surface area contributed by atoms with Crippen molar-refractivity contribution in [2.45, 2.75) is 13.5 Å². The molecule has 1 amide bonds. The highest BCUT2D eigenvalue weighted by Gasteiger charge is 2.19. The molecule has 0 radical (unpaired) electrons. The molecule has 0 saturated carbocycles. The number of amides is 1. The molecule has 174 valence electrons. The molecule has 1 N–H and O–H groups in total. The molecule has 3 aromatic carbocycles. The molecule has 5 aromatic rings. The molecule has 5 rings (SSSR count). The van der Waals surface area contributed by atoms with Gasteiger partial charge in [-0.05, 0) is 30.7 Å². The average molecular weight is 483 g/mol. The van der Waals surface area contributed by atoms with Gasteiger partial charge >= 0.3 is 0 Å². The first-order chi connectivity index (χ1) is 17.1. The zero-order valence-electron chi connectivity index (χ0n) is 19.0. The molecular formula is C27H22N4O3S. The van der Waals surface area contributed by atoms with E-state index in [1.807, 2.05) is 66.9 Å². The third-order valence-corrected chi connectivity index (χ3v) is 6.20. The molecule has 35 heavy (non-hydrogen) atoms. The Kier molecular flexibility index (Phi) is 6.36. The Hall–Kier alpha value is -4.30. The maximum atomic E-state index is 13.3. The molecular weight excluding hydrogens is 460 g/mol. The molecule has 7 nitrogen and oxygen atoms in total. The number of thiazole rings is 1. The SMILES string of the molecule is CCOc1ccccc1-c1csc(NC(=O)c2nn(Cc3ccccc3)c(=O)c3ccccc23)n1. The van der Waals surface area contributed by atoms with E-state index in [2.05, 4.69) is 15.4 Å². The number of benzene rings is 3. The van der Waals surface area contributed by atoms with Crippen molar-refractivity contribution in [2.75, 3.05) is 11.9 Å². The summed E-state index contributed by atoms with van der Waals surface area (Å²) in [6.07, 6.45) is 0. The molecule has 0 fully saturated rings. The lowest BCUT2D eigenvalue weighted by Gasteiger charge is -2.11. The Morgan fingerprint density at radius 2 is 1.69 bits per heavy atom. The predicted molar refractivity (Wildman–Crippen MR) is 138 cm³/mol. The van der Waals surface area contributed by atoms with Crippen molar-refractivity contribution in [3.8, 4) is 17.0 Å². The molecule has 0 unspecified atom stereocenters. The maximum Gasteiger partial charge on any atom is 0.278 e. The van der Waals surface area contributed by atoms with E-state index < -0.39 is 5.91 Å². The molecule has 0 aliphatic rings. The highest BCUT2D eigenvalue weighted by Crippen LogP contribution is 2.32. The van der Waals surface area contributed by atoms with Gasteiger partial charge in [-0.3, -0.25) is 14.9 Å². The van der Waals surface area contributed by atoms with E-state index in [9.17, 15) is 9.59 Å². The number of anilines is 1. The van der Waals surface area contributed by atoms with Crippen molar-refractivity contribution in [2.24, 2.45) is 0 Å². The van der Waals surface area contributed by atoms with Crippen LogP contribution in [0.1, 0.15) is 23.0 Å². The van der Waals surface area contributed by atoms with Crippen LogP contribution >= 0.6 is 11.3 Å². The largest absolute Gasteiger partial charge is 0.493 e. The van der Waals surface area contributed by atoms with E-state index in [1.165, 1.54) is 16.0 Å². The van der Waals surface area contributed by atoms with Gasteiger partial charge in [0, 0.05) is 16.3 Å². The lowest BCUT2D eigenvalue weighted by Crippen LogP contribution is -2.28. The molecule has 0 atom stereocenters. The first-order valence-corrected chi connectivity index (χ1v) is 12.0. The molecule has 8 heteroatoms. The fourth-order valence-corrected chi connectivity index (χ4v) is 4.54. The number of nitrogens with zero attached hydrogens (tertiary/aromatic N) is 3. The quantitative estimate of drug-likeness (QED) is 0.344. The monoisotopic (exact) mass is 482 g/mol.